The first kappa shape index (κ1) is 11.0. The lowest BCUT2D eigenvalue weighted by Crippen LogP contribution is -2.03. The van der Waals surface area contributed by atoms with Crippen LogP contribution in [-0.4, -0.2) is 6.29 Å². The van der Waals surface area contributed by atoms with Crippen molar-refractivity contribution in [3.63, 3.8) is 0 Å². The Kier molecular flexibility index (Phi) is 2.85. The largest absolute Gasteiger partial charge is 0.486 e. The van der Waals surface area contributed by atoms with E-state index in [4.69, 9.17) is 4.74 Å². The highest BCUT2D eigenvalue weighted by Crippen LogP contribution is 2.34. The van der Waals surface area contributed by atoms with Gasteiger partial charge < -0.3 is 4.74 Å². The molecule has 1 aliphatic rings. The van der Waals surface area contributed by atoms with Crippen molar-refractivity contribution < 1.29 is 9.53 Å². The maximum atomic E-state index is 10.6. The number of hydrogen-bond donors (Lipinski definition) is 0. The number of carbonyl (C=O) groups excluding carboxylic acids is 1. The van der Waals surface area contributed by atoms with Gasteiger partial charge in [0, 0.05) is 5.56 Å². The van der Waals surface area contributed by atoms with Crippen LogP contribution >= 0.6 is 0 Å². The fourth-order valence-electron chi connectivity index (χ4n) is 2.43. The van der Waals surface area contributed by atoms with Crippen LogP contribution in [0.1, 0.15) is 34.0 Å². The molecule has 0 spiro atoms. The smallest absolute Gasteiger partial charge is 0.150 e. The average molecular weight is 238 g/mol. The zero-order valence-electron chi connectivity index (χ0n) is 10.0. The van der Waals surface area contributed by atoms with Crippen molar-refractivity contribution in [2.24, 2.45) is 0 Å². The number of aryl methyl sites for hydroxylation is 1. The van der Waals surface area contributed by atoms with Crippen molar-refractivity contribution >= 4 is 6.29 Å². The van der Waals surface area contributed by atoms with Crippen LogP contribution in [0.2, 0.25) is 0 Å². The molecule has 1 unspecified atom stereocenters. The van der Waals surface area contributed by atoms with E-state index in [9.17, 15) is 4.79 Å². The third kappa shape index (κ3) is 2.02. The molecule has 2 nitrogen and oxygen atoms in total. The molecule has 0 bridgehead atoms. The van der Waals surface area contributed by atoms with Gasteiger partial charge in [0.05, 0.1) is 0 Å². The molecule has 0 radical (unpaired) electrons. The first-order chi connectivity index (χ1) is 8.86. The van der Waals surface area contributed by atoms with Gasteiger partial charge in [-0.2, -0.15) is 0 Å². The van der Waals surface area contributed by atoms with Crippen molar-refractivity contribution in [2.75, 3.05) is 0 Å². The van der Waals surface area contributed by atoms with Gasteiger partial charge in [-0.3, -0.25) is 4.79 Å². The Morgan fingerprint density at radius 3 is 2.61 bits per heavy atom. The minimum atomic E-state index is 0.142. The number of ether oxygens (including phenoxy) is 1. The summed E-state index contributed by atoms with van der Waals surface area (Å²) < 4.78 is 5.99. The van der Waals surface area contributed by atoms with Gasteiger partial charge in [0.2, 0.25) is 0 Å². The Hall–Kier alpha value is -2.09. The van der Waals surface area contributed by atoms with Crippen molar-refractivity contribution in [2.45, 2.75) is 18.9 Å². The molecule has 0 heterocycles. The van der Waals surface area contributed by atoms with Crippen LogP contribution in [0.3, 0.4) is 0 Å². The standard InChI is InChI=1S/C16H14O2/c17-11-12-5-8-14(9-6-12)18-16-10-7-13-3-1-2-4-15(13)16/h1-6,8-9,11,16H,7,10H2. The topological polar surface area (TPSA) is 26.3 Å². The van der Waals surface area contributed by atoms with Crippen LogP contribution in [0.5, 0.6) is 5.75 Å². The average Bonchev–Trinajstić information content (AvgIpc) is 2.83. The van der Waals surface area contributed by atoms with Crippen molar-refractivity contribution in [3.05, 3.63) is 65.2 Å². The molecule has 90 valence electrons. The molecule has 0 N–H and O–H groups in total. The molecule has 0 fully saturated rings. The Balaban J connectivity index is 1.79. The van der Waals surface area contributed by atoms with E-state index in [1.807, 2.05) is 12.1 Å². The van der Waals surface area contributed by atoms with Gasteiger partial charge in [-0.1, -0.05) is 24.3 Å². The SMILES string of the molecule is O=Cc1ccc(OC2CCc3ccccc32)cc1. The summed E-state index contributed by atoms with van der Waals surface area (Å²) in [6, 6.07) is 15.7. The van der Waals surface area contributed by atoms with Crippen molar-refractivity contribution in [3.8, 4) is 5.75 Å². The second-order valence-electron chi connectivity index (χ2n) is 4.53. The number of carbonyl (C=O) groups is 1. The highest BCUT2D eigenvalue weighted by atomic mass is 16.5. The summed E-state index contributed by atoms with van der Waals surface area (Å²) in [6.45, 7) is 0. The van der Waals surface area contributed by atoms with E-state index >= 15 is 0 Å². The molecular formula is C16H14O2. The van der Waals surface area contributed by atoms with E-state index < -0.39 is 0 Å². The third-order valence-corrected chi connectivity index (χ3v) is 3.37. The molecular weight excluding hydrogens is 224 g/mol. The van der Waals surface area contributed by atoms with Gasteiger partial charge in [-0.05, 0) is 48.2 Å². The molecule has 0 amide bonds. The molecule has 1 atom stereocenters. The zero-order valence-corrected chi connectivity index (χ0v) is 10.0. The maximum Gasteiger partial charge on any atom is 0.150 e. The van der Waals surface area contributed by atoms with Crippen LogP contribution < -0.4 is 4.74 Å². The predicted octanol–water partition coefficient (Wildman–Crippen LogP) is 3.57. The number of benzene rings is 2. The first-order valence-corrected chi connectivity index (χ1v) is 6.16. The first-order valence-electron chi connectivity index (χ1n) is 6.16. The van der Waals surface area contributed by atoms with E-state index in [2.05, 4.69) is 24.3 Å². The second-order valence-corrected chi connectivity index (χ2v) is 4.53. The minimum absolute atomic E-state index is 0.142. The Morgan fingerprint density at radius 1 is 1.06 bits per heavy atom. The Bertz CT molecular complexity index is 558. The summed E-state index contributed by atoms with van der Waals surface area (Å²) in [6.07, 6.45) is 3.08. The third-order valence-electron chi connectivity index (χ3n) is 3.37. The predicted molar refractivity (Wildman–Crippen MR) is 70.0 cm³/mol. The highest BCUT2D eigenvalue weighted by Gasteiger charge is 2.23. The molecule has 0 saturated carbocycles. The molecule has 0 aliphatic heterocycles. The quantitative estimate of drug-likeness (QED) is 0.764. The van der Waals surface area contributed by atoms with Gasteiger partial charge in [-0.15, -0.1) is 0 Å². The molecule has 0 saturated heterocycles. The van der Waals surface area contributed by atoms with E-state index in [-0.39, 0.29) is 6.10 Å². The number of fused-ring (bicyclic) bond motifs is 1. The lowest BCUT2D eigenvalue weighted by Gasteiger charge is -2.14. The van der Waals surface area contributed by atoms with E-state index in [0.29, 0.717) is 5.56 Å². The fourth-order valence-corrected chi connectivity index (χ4v) is 2.43. The Labute approximate surface area is 106 Å². The van der Waals surface area contributed by atoms with Crippen LogP contribution in [-0.2, 0) is 6.42 Å². The maximum absolute atomic E-state index is 10.6. The second kappa shape index (κ2) is 4.65. The molecule has 18 heavy (non-hydrogen) atoms. The number of hydrogen-bond acceptors (Lipinski definition) is 2. The molecule has 2 heteroatoms. The summed E-state index contributed by atoms with van der Waals surface area (Å²) in [7, 11) is 0. The summed E-state index contributed by atoms with van der Waals surface area (Å²) in [5.74, 6) is 0.822. The molecule has 1 aliphatic carbocycles. The Morgan fingerprint density at radius 2 is 1.83 bits per heavy atom. The van der Waals surface area contributed by atoms with Crippen LogP contribution in [0.25, 0.3) is 0 Å². The van der Waals surface area contributed by atoms with Crippen molar-refractivity contribution in [1.82, 2.24) is 0 Å². The van der Waals surface area contributed by atoms with Crippen LogP contribution in [0, 0.1) is 0 Å². The van der Waals surface area contributed by atoms with Crippen molar-refractivity contribution in [1.29, 1.82) is 0 Å². The lowest BCUT2D eigenvalue weighted by atomic mass is 10.1. The number of rotatable bonds is 3. The van der Waals surface area contributed by atoms with Gasteiger partial charge in [0.1, 0.15) is 18.1 Å². The zero-order chi connectivity index (χ0) is 12.4. The van der Waals surface area contributed by atoms with Gasteiger partial charge >= 0.3 is 0 Å². The monoisotopic (exact) mass is 238 g/mol. The number of aldehydes is 1. The van der Waals surface area contributed by atoms with Gasteiger partial charge in [0.25, 0.3) is 0 Å². The van der Waals surface area contributed by atoms with Crippen LogP contribution in [0.4, 0.5) is 0 Å². The molecule has 2 aromatic carbocycles. The van der Waals surface area contributed by atoms with E-state index in [1.165, 1.54) is 11.1 Å². The minimum Gasteiger partial charge on any atom is -0.486 e. The van der Waals surface area contributed by atoms with Gasteiger partial charge in [-0.25, -0.2) is 0 Å². The molecule has 0 aromatic heterocycles. The lowest BCUT2D eigenvalue weighted by molar-refractivity contribution is 0.112. The summed E-state index contributed by atoms with van der Waals surface area (Å²) in [5, 5.41) is 0. The summed E-state index contributed by atoms with van der Waals surface area (Å²) in [4.78, 5) is 10.6. The normalized spacial score (nSPS) is 17.2. The van der Waals surface area contributed by atoms with Gasteiger partial charge in [0.15, 0.2) is 0 Å². The van der Waals surface area contributed by atoms with E-state index in [0.717, 1.165) is 24.9 Å². The summed E-state index contributed by atoms with van der Waals surface area (Å²) >= 11 is 0. The molecule has 2 aromatic rings. The summed E-state index contributed by atoms with van der Waals surface area (Å²) in [5.41, 5.74) is 3.35. The van der Waals surface area contributed by atoms with Crippen LogP contribution in [0.15, 0.2) is 48.5 Å². The fraction of sp³-hybridized carbons (Fsp3) is 0.188. The van der Waals surface area contributed by atoms with E-state index in [1.54, 1.807) is 12.1 Å². The molecule has 3 rings (SSSR count). The highest BCUT2D eigenvalue weighted by molar-refractivity contribution is 5.74.